The summed E-state index contributed by atoms with van der Waals surface area (Å²) in [6.45, 7) is 4.39. The molecule has 2 aromatic carbocycles. The Morgan fingerprint density at radius 1 is 0.944 bits per heavy atom. The van der Waals surface area contributed by atoms with Crippen molar-refractivity contribution < 1.29 is 28.5 Å². The second-order valence-electron chi connectivity index (χ2n) is 9.25. The van der Waals surface area contributed by atoms with Gasteiger partial charge in [0, 0.05) is 24.2 Å². The van der Waals surface area contributed by atoms with E-state index in [2.05, 4.69) is 5.32 Å². The van der Waals surface area contributed by atoms with Gasteiger partial charge in [-0.2, -0.15) is 0 Å². The highest BCUT2D eigenvalue weighted by Crippen LogP contribution is 2.31. The Kier molecular flexibility index (Phi) is 9.85. The minimum Gasteiger partial charge on any atom is -0.493 e. The van der Waals surface area contributed by atoms with Gasteiger partial charge in [0.25, 0.3) is 11.8 Å². The number of carbonyl (C=O) groups is 2. The molecule has 1 N–H and O–H groups in total. The predicted molar refractivity (Wildman–Crippen MR) is 138 cm³/mol. The summed E-state index contributed by atoms with van der Waals surface area (Å²) >= 11 is 0. The van der Waals surface area contributed by atoms with E-state index in [9.17, 15) is 9.59 Å². The number of hydrogen-bond acceptors (Lipinski definition) is 6. The second kappa shape index (κ2) is 13.0. The van der Waals surface area contributed by atoms with Crippen molar-refractivity contribution in [3.63, 3.8) is 0 Å². The molecule has 8 heteroatoms. The second-order valence-corrected chi connectivity index (χ2v) is 9.25. The first-order valence-corrected chi connectivity index (χ1v) is 12.5. The first-order chi connectivity index (χ1) is 17.4. The normalized spacial score (nSPS) is 15.4. The number of carbonyl (C=O) groups excluding carboxylic acids is 2. The molecular weight excluding hydrogens is 460 g/mol. The highest BCUT2D eigenvalue weighted by Gasteiger charge is 2.28. The number of nitrogens with one attached hydrogen (secondary N) is 1. The molecule has 1 fully saturated rings. The van der Waals surface area contributed by atoms with Gasteiger partial charge in [0.2, 0.25) is 0 Å². The summed E-state index contributed by atoms with van der Waals surface area (Å²) in [5, 5.41) is 2.78. The number of benzene rings is 2. The van der Waals surface area contributed by atoms with Crippen LogP contribution in [0.4, 0.5) is 0 Å². The van der Waals surface area contributed by atoms with Gasteiger partial charge < -0.3 is 29.2 Å². The Morgan fingerprint density at radius 2 is 1.64 bits per heavy atom. The highest BCUT2D eigenvalue weighted by molar-refractivity contribution is 5.95. The lowest BCUT2D eigenvalue weighted by Gasteiger charge is -2.36. The molecule has 1 aliphatic rings. The van der Waals surface area contributed by atoms with E-state index in [1.165, 1.54) is 7.11 Å². The Labute approximate surface area is 213 Å². The molecule has 2 amide bonds. The van der Waals surface area contributed by atoms with E-state index >= 15 is 0 Å². The number of ether oxygens (including phenoxy) is 4. The molecule has 0 aromatic heterocycles. The molecule has 1 saturated heterocycles. The molecule has 0 bridgehead atoms. The molecule has 0 saturated carbocycles. The monoisotopic (exact) mass is 498 g/mol. The maximum Gasteiger partial charge on any atom is 0.258 e. The number of piperidine rings is 1. The number of likely N-dealkylation sites (tertiary alicyclic amines) is 1. The third kappa shape index (κ3) is 7.06. The van der Waals surface area contributed by atoms with Crippen molar-refractivity contribution in [2.45, 2.75) is 58.0 Å². The van der Waals surface area contributed by atoms with Crippen LogP contribution in [0.5, 0.6) is 23.0 Å². The minimum atomic E-state index is -0.210. The molecule has 1 aliphatic heterocycles. The standard InChI is InChI=1S/C28H38N2O6/c1-19(2)29-27(31)18-36-24-14-11-21(17-26(24)35-5)28(32)30-15-7-6-8-22(30)12-9-20-10-13-23(33-3)25(16-20)34-4/h10-11,13-14,16-17,19,22H,6-9,12,15,18H2,1-5H3,(H,29,31). The van der Waals surface area contributed by atoms with E-state index in [1.807, 2.05) is 36.9 Å². The summed E-state index contributed by atoms with van der Waals surface area (Å²) in [6, 6.07) is 11.3. The van der Waals surface area contributed by atoms with Crippen LogP contribution in [0.15, 0.2) is 36.4 Å². The summed E-state index contributed by atoms with van der Waals surface area (Å²) in [7, 11) is 4.78. The maximum atomic E-state index is 13.5. The van der Waals surface area contributed by atoms with E-state index in [-0.39, 0.29) is 30.5 Å². The Morgan fingerprint density at radius 3 is 2.33 bits per heavy atom. The average Bonchev–Trinajstić information content (AvgIpc) is 2.89. The van der Waals surface area contributed by atoms with Gasteiger partial charge in [-0.05, 0) is 81.8 Å². The van der Waals surface area contributed by atoms with Gasteiger partial charge in [-0.25, -0.2) is 0 Å². The van der Waals surface area contributed by atoms with Gasteiger partial charge >= 0.3 is 0 Å². The molecule has 3 rings (SSSR count). The van der Waals surface area contributed by atoms with Crippen LogP contribution in [0, 0.1) is 0 Å². The fraction of sp³-hybridized carbons (Fsp3) is 0.500. The lowest BCUT2D eigenvalue weighted by atomic mass is 9.95. The molecular formula is C28H38N2O6. The number of hydrogen-bond donors (Lipinski definition) is 1. The minimum absolute atomic E-state index is 0.0191. The summed E-state index contributed by atoms with van der Waals surface area (Å²) in [5.41, 5.74) is 1.69. The Hall–Kier alpha value is -3.42. The van der Waals surface area contributed by atoms with Crippen LogP contribution in [0.25, 0.3) is 0 Å². The maximum absolute atomic E-state index is 13.5. The van der Waals surface area contributed by atoms with Crippen molar-refractivity contribution >= 4 is 11.8 Å². The lowest BCUT2D eigenvalue weighted by Crippen LogP contribution is -2.44. The summed E-state index contributed by atoms with van der Waals surface area (Å²) in [4.78, 5) is 27.4. The molecule has 0 radical (unpaired) electrons. The van der Waals surface area contributed by atoms with E-state index in [0.29, 0.717) is 28.6 Å². The molecule has 1 atom stereocenters. The molecule has 196 valence electrons. The van der Waals surface area contributed by atoms with E-state index < -0.39 is 0 Å². The average molecular weight is 499 g/mol. The first kappa shape index (κ1) is 27.2. The zero-order valence-electron chi connectivity index (χ0n) is 22.0. The van der Waals surface area contributed by atoms with Crippen molar-refractivity contribution in [2.24, 2.45) is 0 Å². The van der Waals surface area contributed by atoms with Crippen LogP contribution in [0.3, 0.4) is 0 Å². The molecule has 0 spiro atoms. The summed E-state index contributed by atoms with van der Waals surface area (Å²) in [5.74, 6) is 2.04. The lowest BCUT2D eigenvalue weighted by molar-refractivity contribution is -0.123. The zero-order chi connectivity index (χ0) is 26.1. The third-order valence-corrected chi connectivity index (χ3v) is 6.32. The van der Waals surface area contributed by atoms with Gasteiger partial charge in [-0.15, -0.1) is 0 Å². The smallest absolute Gasteiger partial charge is 0.258 e. The number of aryl methyl sites for hydroxylation is 1. The van der Waals surface area contributed by atoms with Crippen molar-refractivity contribution in [3.05, 3.63) is 47.5 Å². The molecule has 0 aliphatic carbocycles. The van der Waals surface area contributed by atoms with Crippen molar-refractivity contribution in [2.75, 3.05) is 34.5 Å². The van der Waals surface area contributed by atoms with Crippen molar-refractivity contribution in [1.29, 1.82) is 0 Å². The van der Waals surface area contributed by atoms with Crippen LogP contribution in [-0.4, -0.2) is 63.3 Å². The molecule has 1 unspecified atom stereocenters. The van der Waals surface area contributed by atoms with E-state index in [4.69, 9.17) is 18.9 Å². The third-order valence-electron chi connectivity index (χ3n) is 6.32. The predicted octanol–water partition coefficient (Wildman–Crippen LogP) is 4.24. The van der Waals surface area contributed by atoms with Crippen LogP contribution in [-0.2, 0) is 11.2 Å². The van der Waals surface area contributed by atoms with Crippen LogP contribution in [0.1, 0.15) is 55.5 Å². The van der Waals surface area contributed by atoms with Crippen molar-refractivity contribution in [3.8, 4) is 23.0 Å². The van der Waals surface area contributed by atoms with Gasteiger partial charge in [0.15, 0.2) is 29.6 Å². The SMILES string of the molecule is COc1ccc(CCC2CCCCN2C(=O)c2ccc(OCC(=O)NC(C)C)c(OC)c2)cc1OC. The fourth-order valence-electron chi connectivity index (χ4n) is 4.53. The quantitative estimate of drug-likeness (QED) is 0.499. The van der Waals surface area contributed by atoms with E-state index in [1.54, 1.807) is 32.4 Å². The summed E-state index contributed by atoms with van der Waals surface area (Å²) in [6.07, 6.45) is 4.77. The van der Waals surface area contributed by atoms with Gasteiger partial charge in [0.1, 0.15) is 0 Å². The van der Waals surface area contributed by atoms with Crippen LogP contribution in [0.2, 0.25) is 0 Å². The molecule has 8 nitrogen and oxygen atoms in total. The van der Waals surface area contributed by atoms with Gasteiger partial charge in [-0.1, -0.05) is 6.07 Å². The van der Waals surface area contributed by atoms with Gasteiger partial charge in [0.05, 0.1) is 21.3 Å². The molecule has 36 heavy (non-hydrogen) atoms. The Bertz CT molecular complexity index is 1040. The Balaban J connectivity index is 1.68. The summed E-state index contributed by atoms with van der Waals surface area (Å²) < 4.78 is 21.9. The van der Waals surface area contributed by atoms with Crippen molar-refractivity contribution in [1.82, 2.24) is 10.2 Å². The molecule has 1 heterocycles. The largest absolute Gasteiger partial charge is 0.493 e. The number of methoxy groups -OCH3 is 3. The highest BCUT2D eigenvalue weighted by atomic mass is 16.5. The van der Waals surface area contributed by atoms with E-state index in [0.717, 1.165) is 44.2 Å². The zero-order valence-corrected chi connectivity index (χ0v) is 22.0. The first-order valence-electron chi connectivity index (χ1n) is 12.5. The van der Waals surface area contributed by atoms with Crippen LogP contribution < -0.4 is 24.3 Å². The fourth-order valence-corrected chi connectivity index (χ4v) is 4.53. The molecule has 2 aromatic rings. The topological polar surface area (TPSA) is 86.3 Å². The van der Waals surface area contributed by atoms with Crippen LogP contribution >= 0.6 is 0 Å². The number of rotatable bonds is 11. The van der Waals surface area contributed by atoms with Gasteiger partial charge in [-0.3, -0.25) is 9.59 Å². The number of nitrogens with zero attached hydrogens (tertiary/aromatic N) is 1. The number of amides is 2.